The second-order valence-corrected chi connectivity index (χ2v) is 6.41. The molecule has 108 valence electrons. The van der Waals surface area contributed by atoms with E-state index >= 15 is 0 Å². The number of aromatic nitrogens is 2. The molecule has 0 spiro atoms. The van der Waals surface area contributed by atoms with Crippen molar-refractivity contribution in [3.05, 3.63) is 39.4 Å². The van der Waals surface area contributed by atoms with Gasteiger partial charge in [-0.1, -0.05) is 31.0 Å². The first-order valence-corrected chi connectivity index (χ1v) is 8.17. The van der Waals surface area contributed by atoms with E-state index in [0.717, 1.165) is 30.8 Å². The fourth-order valence-electron chi connectivity index (χ4n) is 2.17. The zero-order valence-corrected chi connectivity index (χ0v) is 13.7. The second kappa shape index (κ2) is 7.04. The van der Waals surface area contributed by atoms with Crippen molar-refractivity contribution in [3.8, 4) is 0 Å². The standard InChI is InChI=1S/C15H20ClN3S/c1-4-6-13-14(16)17-10-18-15(13)19(11(2)3)9-12-7-5-8-20-12/h5,7-8,10-11H,4,6,9H2,1-3H3. The van der Waals surface area contributed by atoms with Gasteiger partial charge in [-0.25, -0.2) is 9.97 Å². The monoisotopic (exact) mass is 309 g/mol. The van der Waals surface area contributed by atoms with Crippen LogP contribution in [0.3, 0.4) is 0 Å². The van der Waals surface area contributed by atoms with Gasteiger partial charge in [0.05, 0.1) is 6.54 Å². The van der Waals surface area contributed by atoms with Crippen LogP contribution in [0, 0.1) is 0 Å². The highest BCUT2D eigenvalue weighted by molar-refractivity contribution is 7.09. The van der Waals surface area contributed by atoms with Crippen LogP contribution in [-0.4, -0.2) is 16.0 Å². The predicted molar refractivity (Wildman–Crippen MR) is 86.7 cm³/mol. The molecule has 0 aliphatic heterocycles. The third kappa shape index (κ3) is 3.49. The highest BCUT2D eigenvalue weighted by Crippen LogP contribution is 2.28. The fraction of sp³-hybridized carbons (Fsp3) is 0.467. The van der Waals surface area contributed by atoms with E-state index in [4.69, 9.17) is 11.6 Å². The lowest BCUT2D eigenvalue weighted by atomic mass is 10.1. The van der Waals surface area contributed by atoms with Crippen LogP contribution in [0.25, 0.3) is 0 Å². The average Bonchev–Trinajstić information content (AvgIpc) is 2.91. The van der Waals surface area contributed by atoms with E-state index in [0.29, 0.717) is 11.2 Å². The van der Waals surface area contributed by atoms with Crippen molar-refractivity contribution in [1.29, 1.82) is 0 Å². The van der Waals surface area contributed by atoms with E-state index < -0.39 is 0 Å². The Balaban J connectivity index is 2.36. The Morgan fingerprint density at radius 1 is 1.35 bits per heavy atom. The molecule has 0 aliphatic rings. The summed E-state index contributed by atoms with van der Waals surface area (Å²) in [5, 5.41) is 2.68. The molecular formula is C15H20ClN3S. The van der Waals surface area contributed by atoms with Gasteiger partial charge in [-0.2, -0.15) is 0 Å². The molecule has 0 aliphatic carbocycles. The second-order valence-electron chi connectivity index (χ2n) is 5.02. The molecule has 2 aromatic rings. The molecule has 2 rings (SSSR count). The van der Waals surface area contributed by atoms with Crippen LogP contribution in [0.15, 0.2) is 23.8 Å². The van der Waals surface area contributed by atoms with Gasteiger partial charge in [0.1, 0.15) is 17.3 Å². The fourth-order valence-corrected chi connectivity index (χ4v) is 3.09. The van der Waals surface area contributed by atoms with Gasteiger partial charge < -0.3 is 4.90 Å². The van der Waals surface area contributed by atoms with Crippen molar-refractivity contribution < 1.29 is 0 Å². The number of halogens is 1. The van der Waals surface area contributed by atoms with E-state index in [1.54, 1.807) is 17.7 Å². The molecule has 0 fully saturated rings. The molecule has 0 unspecified atom stereocenters. The Labute approximate surface area is 129 Å². The Bertz CT molecular complexity index is 540. The Morgan fingerprint density at radius 3 is 2.75 bits per heavy atom. The smallest absolute Gasteiger partial charge is 0.137 e. The molecule has 0 N–H and O–H groups in total. The van der Waals surface area contributed by atoms with Crippen molar-refractivity contribution in [2.45, 2.75) is 46.2 Å². The van der Waals surface area contributed by atoms with Gasteiger partial charge in [0.15, 0.2) is 0 Å². The predicted octanol–water partition coefficient (Wildman–Crippen LogP) is 4.56. The highest BCUT2D eigenvalue weighted by atomic mass is 35.5. The topological polar surface area (TPSA) is 29.0 Å². The zero-order valence-electron chi connectivity index (χ0n) is 12.1. The number of thiophene rings is 1. The summed E-state index contributed by atoms with van der Waals surface area (Å²) >= 11 is 8.03. The maximum atomic E-state index is 6.26. The van der Waals surface area contributed by atoms with Crippen molar-refractivity contribution in [2.75, 3.05) is 4.90 Å². The van der Waals surface area contributed by atoms with Gasteiger partial charge in [-0.15, -0.1) is 11.3 Å². The Morgan fingerprint density at radius 2 is 2.15 bits per heavy atom. The Hall–Kier alpha value is -1.13. The van der Waals surface area contributed by atoms with Crippen LogP contribution in [0.1, 0.15) is 37.6 Å². The van der Waals surface area contributed by atoms with E-state index in [1.807, 2.05) is 0 Å². The lowest BCUT2D eigenvalue weighted by Crippen LogP contribution is -2.31. The number of hydrogen-bond donors (Lipinski definition) is 0. The normalized spacial score (nSPS) is 11.1. The molecule has 0 amide bonds. The number of rotatable bonds is 6. The van der Waals surface area contributed by atoms with Gasteiger partial charge in [0, 0.05) is 16.5 Å². The molecule has 0 atom stereocenters. The van der Waals surface area contributed by atoms with Crippen LogP contribution >= 0.6 is 22.9 Å². The van der Waals surface area contributed by atoms with E-state index in [2.05, 4.69) is 53.2 Å². The van der Waals surface area contributed by atoms with Gasteiger partial charge in [-0.05, 0) is 31.7 Å². The van der Waals surface area contributed by atoms with E-state index in [-0.39, 0.29) is 0 Å². The summed E-state index contributed by atoms with van der Waals surface area (Å²) in [4.78, 5) is 12.2. The maximum absolute atomic E-state index is 6.26. The largest absolute Gasteiger partial charge is 0.349 e. The molecule has 0 saturated carbocycles. The molecular weight excluding hydrogens is 290 g/mol. The van der Waals surface area contributed by atoms with Crippen molar-refractivity contribution in [1.82, 2.24) is 9.97 Å². The van der Waals surface area contributed by atoms with Crippen LogP contribution in [-0.2, 0) is 13.0 Å². The SMILES string of the molecule is CCCc1c(Cl)ncnc1N(Cc1cccs1)C(C)C. The average molecular weight is 310 g/mol. The minimum atomic E-state index is 0.360. The van der Waals surface area contributed by atoms with Gasteiger partial charge in [-0.3, -0.25) is 0 Å². The van der Waals surface area contributed by atoms with Gasteiger partial charge >= 0.3 is 0 Å². The van der Waals surface area contributed by atoms with Crippen LogP contribution < -0.4 is 4.90 Å². The van der Waals surface area contributed by atoms with Crippen LogP contribution in [0.2, 0.25) is 5.15 Å². The quantitative estimate of drug-likeness (QED) is 0.733. The molecule has 3 nitrogen and oxygen atoms in total. The summed E-state index contributed by atoms with van der Waals surface area (Å²) in [6.07, 6.45) is 3.49. The highest BCUT2D eigenvalue weighted by Gasteiger charge is 2.19. The number of hydrogen-bond acceptors (Lipinski definition) is 4. The van der Waals surface area contributed by atoms with Crippen molar-refractivity contribution in [3.63, 3.8) is 0 Å². The first-order valence-electron chi connectivity index (χ1n) is 6.91. The van der Waals surface area contributed by atoms with Crippen LogP contribution in [0.4, 0.5) is 5.82 Å². The number of nitrogens with zero attached hydrogens (tertiary/aromatic N) is 3. The summed E-state index contributed by atoms with van der Waals surface area (Å²) in [5.41, 5.74) is 1.06. The maximum Gasteiger partial charge on any atom is 0.137 e. The first-order chi connectivity index (χ1) is 9.63. The molecule has 2 aromatic heterocycles. The summed E-state index contributed by atoms with van der Waals surface area (Å²) in [6, 6.07) is 4.60. The molecule has 0 radical (unpaired) electrons. The van der Waals surface area contributed by atoms with Crippen LogP contribution in [0.5, 0.6) is 0 Å². The van der Waals surface area contributed by atoms with E-state index in [9.17, 15) is 0 Å². The molecule has 0 aromatic carbocycles. The first kappa shape index (κ1) is 15.3. The Kier molecular flexibility index (Phi) is 5.38. The third-order valence-corrected chi connectivity index (χ3v) is 4.36. The van der Waals surface area contributed by atoms with Gasteiger partial charge in [0.25, 0.3) is 0 Å². The zero-order chi connectivity index (χ0) is 14.5. The summed E-state index contributed by atoms with van der Waals surface area (Å²) in [5.74, 6) is 0.968. The minimum Gasteiger partial charge on any atom is -0.349 e. The third-order valence-electron chi connectivity index (χ3n) is 3.17. The lowest BCUT2D eigenvalue weighted by molar-refractivity contribution is 0.668. The van der Waals surface area contributed by atoms with E-state index in [1.165, 1.54) is 4.88 Å². The minimum absolute atomic E-state index is 0.360. The molecule has 5 heteroatoms. The summed E-state index contributed by atoms with van der Waals surface area (Å²) in [6.45, 7) is 7.37. The van der Waals surface area contributed by atoms with Gasteiger partial charge in [0.2, 0.25) is 0 Å². The lowest BCUT2D eigenvalue weighted by Gasteiger charge is -2.29. The summed E-state index contributed by atoms with van der Waals surface area (Å²) in [7, 11) is 0. The molecule has 2 heterocycles. The van der Waals surface area contributed by atoms with Crippen molar-refractivity contribution in [2.24, 2.45) is 0 Å². The summed E-state index contributed by atoms with van der Waals surface area (Å²) < 4.78 is 0. The number of anilines is 1. The molecule has 0 bridgehead atoms. The van der Waals surface area contributed by atoms with Crippen molar-refractivity contribution >= 4 is 28.8 Å². The molecule has 0 saturated heterocycles. The molecule has 20 heavy (non-hydrogen) atoms.